The molecule has 0 saturated carbocycles. The van der Waals surface area contributed by atoms with E-state index in [4.69, 9.17) is 5.73 Å². The molecule has 100 valence electrons. The average Bonchev–Trinajstić information content (AvgIpc) is 2.30. The van der Waals surface area contributed by atoms with Gasteiger partial charge in [-0.3, -0.25) is 14.6 Å². The first-order chi connectivity index (χ1) is 8.04. The summed E-state index contributed by atoms with van der Waals surface area (Å²) in [7, 11) is 1.87. The van der Waals surface area contributed by atoms with Crippen molar-refractivity contribution in [1.29, 1.82) is 0 Å². The summed E-state index contributed by atoms with van der Waals surface area (Å²) in [5.74, 6) is 0.215. The van der Waals surface area contributed by atoms with Crippen molar-refractivity contribution in [3.8, 4) is 0 Å². The lowest BCUT2D eigenvalue weighted by atomic mass is 10.3. The van der Waals surface area contributed by atoms with Gasteiger partial charge in [0.2, 0.25) is 5.91 Å². The second-order valence-electron chi connectivity index (χ2n) is 5.00. The highest BCUT2D eigenvalue weighted by Crippen LogP contribution is 2.03. The van der Waals surface area contributed by atoms with Gasteiger partial charge in [0.1, 0.15) is 0 Å². The van der Waals surface area contributed by atoms with Crippen molar-refractivity contribution in [3.63, 3.8) is 0 Å². The quantitative estimate of drug-likeness (QED) is 0.701. The van der Waals surface area contributed by atoms with E-state index in [9.17, 15) is 4.79 Å². The van der Waals surface area contributed by atoms with E-state index in [2.05, 4.69) is 9.80 Å². The Labute approximate surface area is 105 Å². The Morgan fingerprint density at radius 3 is 2.24 bits per heavy atom. The molecule has 1 amide bonds. The molecule has 0 radical (unpaired) electrons. The molecule has 0 atom stereocenters. The van der Waals surface area contributed by atoms with Crippen LogP contribution in [0.4, 0.5) is 0 Å². The van der Waals surface area contributed by atoms with Gasteiger partial charge in [0.15, 0.2) is 0 Å². The maximum absolute atomic E-state index is 11.9. The Balaban J connectivity index is 2.28. The summed E-state index contributed by atoms with van der Waals surface area (Å²) in [6.07, 6.45) is 0. The van der Waals surface area contributed by atoms with E-state index >= 15 is 0 Å². The summed E-state index contributed by atoms with van der Waals surface area (Å²) in [5.41, 5.74) is 5.53. The highest BCUT2D eigenvalue weighted by Gasteiger charge is 2.20. The maximum atomic E-state index is 11.9. The highest BCUT2D eigenvalue weighted by molar-refractivity contribution is 5.78. The van der Waals surface area contributed by atoms with E-state index in [0.29, 0.717) is 6.54 Å². The van der Waals surface area contributed by atoms with Gasteiger partial charge in [0.05, 0.1) is 6.54 Å². The third kappa shape index (κ3) is 4.61. The van der Waals surface area contributed by atoms with Crippen LogP contribution in [0.25, 0.3) is 0 Å². The predicted molar refractivity (Wildman–Crippen MR) is 69.8 cm³/mol. The molecule has 0 unspecified atom stereocenters. The Hall–Kier alpha value is -0.650. The Kier molecular flexibility index (Phi) is 5.88. The second kappa shape index (κ2) is 6.93. The van der Waals surface area contributed by atoms with Crippen LogP contribution in [0.2, 0.25) is 0 Å². The van der Waals surface area contributed by atoms with E-state index in [0.717, 1.165) is 39.3 Å². The molecule has 0 bridgehead atoms. The van der Waals surface area contributed by atoms with Crippen LogP contribution in [0.5, 0.6) is 0 Å². The predicted octanol–water partition coefficient (Wildman–Crippen LogP) is -0.570. The Bertz CT molecular complexity index is 237. The third-order valence-corrected chi connectivity index (χ3v) is 3.44. The summed E-state index contributed by atoms with van der Waals surface area (Å²) >= 11 is 0. The van der Waals surface area contributed by atoms with Gasteiger partial charge in [-0.2, -0.15) is 0 Å². The number of rotatable bonds is 5. The van der Waals surface area contributed by atoms with Gasteiger partial charge in [0, 0.05) is 52.4 Å². The van der Waals surface area contributed by atoms with E-state index in [1.807, 2.05) is 25.8 Å². The van der Waals surface area contributed by atoms with Crippen molar-refractivity contribution >= 4 is 5.91 Å². The SMILES string of the molecule is CC(C)N(C)C(=O)CN1CCN(CCN)CC1. The number of hydrogen-bond acceptors (Lipinski definition) is 4. The van der Waals surface area contributed by atoms with Gasteiger partial charge >= 0.3 is 0 Å². The first kappa shape index (κ1) is 14.4. The zero-order chi connectivity index (χ0) is 12.8. The van der Waals surface area contributed by atoms with Crippen LogP contribution >= 0.6 is 0 Å². The molecule has 1 heterocycles. The molecule has 5 nitrogen and oxygen atoms in total. The number of piperazine rings is 1. The topological polar surface area (TPSA) is 52.8 Å². The lowest BCUT2D eigenvalue weighted by Crippen LogP contribution is -2.51. The van der Waals surface area contributed by atoms with Crippen LogP contribution < -0.4 is 5.73 Å². The van der Waals surface area contributed by atoms with Crippen LogP contribution in [0, 0.1) is 0 Å². The Morgan fingerprint density at radius 1 is 1.24 bits per heavy atom. The lowest BCUT2D eigenvalue weighted by molar-refractivity contribution is -0.133. The van der Waals surface area contributed by atoms with Crippen LogP contribution in [0.1, 0.15) is 13.8 Å². The molecule has 2 N–H and O–H groups in total. The van der Waals surface area contributed by atoms with Gasteiger partial charge in [-0.25, -0.2) is 0 Å². The minimum atomic E-state index is 0.215. The molecule has 0 aromatic carbocycles. The van der Waals surface area contributed by atoms with Gasteiger partial charge < -0.3 is 10.6 Å². The number of carbonyl (C=O) groups is 1. The standard InChI is InChI=1S/C12H26N4O/c1-11(2)14(3)12(17)10-16-8-6-15(5-4-13)7-9-16/h11H,4-10,13H2,1-3H3. The van der Waals surface area contributed by atoms with Gasteiger partial charge in [0.25, 0.3) is 0 Å². The molecule has 0 aliphatic carbocycles. The molecular weight excluding hydrogens is 216 g/mol. The molecule has 1 saturated heterocycles. The minimum absolute atomic E-state index is 0.215. The molecule has 1 rings (SSSR count). The zero-order valence-electron chi connectivity index (χ0n) is 11.4. The fourth-order valence-electron chi connectivity index (χ4n) is 1.94. The molecule has 17 heavy (non-hydrogen) atoms. The fourth-order valence-corrected chi connectivity index (χ4v) is 1.94. The molecular formula is C12H26N4O. The van der Waals surface area contributed by atoms with E-state index in [1.165, 1.54) is 0 Å². The summed E-state index contributed by atoms with van der Waals surface area (Å²) in [6.45, 7) is 10.3. The maximum Gasteiger partial charge on any atom is 0.236 e. The van der Waals surface area contributed by atoms with E-state index in [-0.39, 0.29) is 11.9 Å². The normalized spacial score (nSPS) is 18.6. The molecule has 1 aliphatic rings. The summed E-state index contributed by atoms with van der Waals surface area (Å²) < 4.78 is 0. The summed E-state index contributed by atoms with van der Waals surface area (Å²) in [5, 5.41) is 0. The van der Waals surface area contributed by atoms with Gasteiger partial charge in [-0.15, -0.1) is 0 Å². The van der Waals surface area contributed by atoms with Crippen LogP contribution in [-0.2, 0) is 4.79 Å². The van der Waals surface area contributed by atoms with E-state index < -0.39 is 0 Å². The second-order valence-corrected chi connectivity index (χ2v) is 5.00. The van der Waals surface area contributed by atoms with Crippen molar-refractivity contribution in [3.05, 3.63) is 0 Å². The number of likely N-dealkylation sites (N-methyl/N-ethyl adjacent to an activating group) is 1. The molecule has 1 aliphatic heterocycles. The van der Waals surface area contributed by atoms with Gasteiger partial charge in [-0.05, 0) is 13.8 Å². The third-order valence-electron chi connectivity index (χ3n) is 3.44. The number of amides is 1. The first-order valence-corrected chi connectivity index (χ1v) is 6.45. The van der Waals surface area contributed by atoms with Crippen molar-refractivity contribution in [2.45, 2.75) is 19.9 Å². The van der Waals surface area contributed by atoms with Crippen LogP contribution in [0.3, 0.4) is 0 Å². The van der Waals surface area contributed by atoms with Crippen molar-refractivity contribution < 1.29 is 4.79 Å². The van der Waals surface area contributed by atoms with Crippen LogP contribution in [-0.4, -0.2) is 79.5 Å². The van der Waals surface area contributed by atoms with Crippen molar-refractivity contribution in [2.24, 2.45) is 5.73 Å². The molecule has 1 fully saturated rings. The zero-order valence-corrected chi connectivity index (χ0v) is 11.4. The Morgan fingerprint density at radius 2 is 1.76 bits per heavy atom. The first-order valence-electron chi connectivity index (χ1n) is 6.45. The number of hydrogen-bond donors (Lipinski definition) is 1. The molecule has 5 heteroatoms. The fraction of sp³-hybridized carbons (Fsp3) is 0.917. The van der Waals surface area contributed by atoms with Gasteiger partial charge in [-0.1, -0.05) is 0 Å². The summed E-state index contributed by atoms with van der Waals surface area (Å²) in [4.78, 5) is 18.3. The average molecular weight is 242 g/mol. The van der Waals surface area contributed by atoms with Crippen LogP contribution in [0.15, 0.2) is 0 Å². The lowest BCUT2D eigenvalue weighted by Gasteiger charge is -2.35. The molecule has 0 aromatic rings. The molecule has 0 aromatic heterocycles. The number of nitrogens with zero attached hydrogens (tertiary/aromatic N) is 3. The number of nitrogens with two attached hydrogens (primary N) is 1. The molecule has 0 spiro atoms. The van der Waals surface area contributed by atoms with Crippen molar-refractivity contribution in [2.75, 3.05) is 52.9 Å². The largest absolute Gasteiger partial charge is 0.342 e. The smallest absolute Gasteiger partial charge is 0.236 e. The highest BCUT2D eigenvalue weighted by atomic mass is 16.2. The van der Waals surface area contributed by atoms with E-state index in [1.54, 1.807) is 0 Å². The monoisotopic (exact) mass is 242 g/mol. The summed E-state index contributed by atoms with van der Waals surface area (Å²) in [6, 6.07) is 0.279. The van der Waals surface area contributed by atoms with Crippen molar-refractivity contribution in [1.82, 2.24) is 14.7 Å². The number of carbonyl (C=O) groups excluding carboxylic acids is 1. The minimum Gasteiger partial charge on any atom is -0.342 e.